The van der Waals surface area contributed by atoms with Gasteiger partial charge in [-0.25, -0.2) is 4.79 Å². The van der Waals surface area contributed by atoms with E-state index in [-0.39, 0.29) is 12.3 Å². The van der Waals surface area contributed by atoms with Crippen LogP contribution in [0.4, 0.5) is 0 Å². The first-order valence-electron chi connectivity index (χ1n) is 12.2. The molecule has 2 amide bonds. The lowest BCUT2D eigenvalue weighted by atomic mass is 10.0. The Hall–Kier alpha value is -4.06. The monoisotopic (exact) mass is 522 g/mol. The zero-order valence-electron chi connectivity index (χ0n) is 20.7. The number of nitrogens with zero attached hydrogens (tertiary/aromatic N) is 1. The first kappa shape index (κ1) is 27.0. The van der Waals surface area contributed by atoms with Gasteiger partial charge in [0.05, 0.1) is 0 Å². The van der Waals surface area contributed by atoms with E-state index in [4.69, 9.17) is 4.74 Å². The summed E-state index contributed by atoms with van der Waals surface area (Å²) in [4.78, 5) is 51.9. The molecule has 0 radical (unpaired) electrons. The molecule has 1 unspecified atom stereocenters. The van der Waals surface area contributed by atoms with Gasteiger partial charge in [0.1, 0.15) is 18.2 Å². The second kappa shape index (κ2) is 12.0. The number of aliphatic hydroxyl groups excluding tert-OH is 2. The molecular weight excluding hydrogens is 492 g/mol. The van der Waals surface area contributed by atoms with Gasteiger partial charge in [-0.2, -0.15) is 0 Å². The SMILES string of the molecule is CC(CNC(=O)[C@@H](Cc1ccccc1)NC(=O)[C@H]1O[C@@H](n2ccc(=O)[nH]c2=O)[C@H](O)[C@@H]1O)c1ccccc1. The van der Waals surface area contributed by atoms with Gasteiger partial charge in [-0.3, -0.25) is 23.9 Å². The van der Waals surface area contributed by atoms with Crippen LogP contribution in [0.25, 0.3) is 0 Å². The molecule has 1 aliphatic heterocycles. The predicted octanol–water partition coefficient (Wildman–Crippen LogP) is -0.197. The van der Waals surface area contributed by atoms with Crippen LogP contribution >= 0.6 is 0 Å². The van der Waals surface area contributed by atoms with Crippen molar-refractivity contribution in [2.24, 2.45) is 0 Å². The number of aromatic amines is 1. The van der Waals surface area contributed by atoms with Crippen LogP contribution < -0.4 is 21.9 Å². The number of hydrogen-bond donors (Lipinski definition) is 5. The van der Waals surface area contributed by atoms with Crippen LogP contribution in [-0.2, 0) is 20.7 Å². The first-order valence-corrected chi connectivity index (χ1v) is 12.2. The molecule has 2 aromatic carbocycles. The highest BCUT2D eigenvalue weighted by Crippen LogP contribution is 2.28. The van der Waals surface area contributed by atoms with Crippen molar-refractivity contribution in [3.8, 4) is 0 Å². The van der Waals surface area contributed by atoms with Gasteiger partial charge in [0.25, 0.3) is 11.5 Å². The Labute approximate surface area is 218 Å². The third-order valence-corrected chi connectivity index (χ3v) is 6.49. The van der Waals surface area contributed by atoms with Gasteiger partial charge in [-0.1, -0.05) is 67.6 Å². The Balaban J connectivity index is 1.47. The number of aliphatic hydroxyl groups is 2. The van der Waals surface area contributed by atoms with E-state index >= 15 is 0 Å². The van der Waals surface area contributed by atoms with Gasteiger partial charge in [-0.15, -0.1) is 0 Å². The molecule has 200 valence electrons. The number of amides is 2. The van der Waals surface area contributed by atoms with Gasteiger partial charge in [0.15, 0.2) is 12.3 Å². The standard InChI is InChI=1S/C27H30N4O7/c1-16(18-10-6-3-7-11-18)15-28-24(35)19(14-17-8-4-2-5-9-17)29-25(36)23-21(33)22(34)26(38-23)31-13-12-20(32)30-27(31)37/h2-13,16,19,21-23,26,33-34H,14-15H2,1H3,(H,28,35)(H,29,36)(H,30,32,37)/t16?,19-,21+,22-,23+,26-/m1/s1. The van der Waals surface area contributed by atoms with Crippen molar-refractivity contribution < 1.29 is 24.5 Å². The van der Waals surface area contributed by atoms with Gasteiger partial charge < -0.3 is 25.6 Å². The lowest BCUT2D eigenvalue weighted by Crippen LogP contribution is -2.53. The number of carbonyl (C=O) groups excluding carboxylic acids is 2. The van der Waals surface area contributed by atoms with E-state index in [9.17, 15) is 29.4 Å². The quantitative estimate of drug-likeness (QED) is 0.260. The summed E-state index contributed by atoms with van der Waals surface area (Å²) >= 11 is 0. The van der Waals surface area contributed by atoms with Gasteiger partial charge in [0, 0.05) is 25.2 Å². The Morgan fingerprint density at radius 2 is 1.66 bits per heavy atom. The fourth-order valence-corrected chi connectivity index (χ4v) is 4.32. The summed E-state index contributed by atoms with van der Waals surface area (Å²) in [6, 6.07) is 18.8. The molecule has 1 aliphatic rings. The van der Waals surface area contributed by atoms with Crippen LogP contribution in [0.1, 0.15) is 30.2 Å². The number of carbonyl (C=O) groups is 2. The molecule has 6 atom stereocenters. The number of rotatable bonds is 9. The molecule has 1 aromatic heterocycles. The second-order valence-electron chi connectivity index (χ2n) is 9.25. The minimum Gasteiger partial charge on any atom is -0.387 e. The number of ether oxygens (including phenoxy) is 1. The third kappa shape index (κ3) is 6.25. The fraction of sp³-hybridized carbons (Fsp3) is 0.333. The van der Waals surface area contributed by atoms with Crippen LogP contribution in [0.5, 0.6) is 0 Å². The van der Waals surface area contributed by atoms with Crippen molar-refractivity contribution in [3.05, 3.63) is 105 Å². The summed E-state index contributed by atoms with van der Waals surface area (Å²) in [6.45, 7) is 2.31. The van der Waals surface area contributed by atoms with E-state index in [0.29, 0.717) is 6.54 Å². The highest BCUT2D eigenvalue weighted by molar-refractivity contribution is 5.90. The minimum absolute atomic E-state index is 0.0275. The number of benzene rings is 2. The van der Waals surface area contributed by atoms with Crippen molar-refractivity contribution in [3.63, 3.8) is 0 Å². The smallest absolute Gasteiger partial charge is 0.330 e. The summed E-state index contributed by atoms with van der Waals surface area (Å²) in [7, 11) is 0. The average molecular weight is 523 g/mol. The summed E-state index contributed by atoms with van der Waals surface area (Å²) in [5.74, 6) is -1.23. The Morgan fingerprint density at radius 3 is 2.32 bits per heavy atom. The Morgan fingerprint density at radius 1 is 1.00 bits per heavy atom. The Bertz CT molecular complexity index is 1360. The summed E-state index contributed by atoms with van der Waals surface area (Å²) in [5, 5.41) is 26.5. The lowest BCUT2D eigenvalue weighted by Gasteiger charge is -2.23. The molecule has 1 fully saturated rings. The largest absolute Gasteiger partial charge is 0.387 e. The van der Waals surface area contributed by atoms with Crippen molar-refractivity contribution in [2.45, 2.75) is 49.8 Å². The molecule has 0 spiro atoms. The lowest BCUT2D eigenvalue weighted by molar-refractivity contribution is -0.141. The van der Waals surface area contributed by atoms with Crippen LogP contribution in [0, 0.1) is 0 Å². The van der Waals surface area contributed by atoms with E-state index in [0.717, 1.165) is 28.0 Å². The van der Waals surface area contributed by atoms with Crippen LogP contribution in [0.3, 0.4) is 0 Å². The Kier molecular flexibility index (Phi) is 8.52. The van der Waals surface area contributed by atoms with E-state index in [2.05, 4.69) is 10.6 Å². The highest BCUT2D eigenvalue weighted by Gasteiger charge is 2.48. The van der Waals surface area contributed by atoms with Crippen molar-refractivity contribution in [1.29, 1.82) is 0 Å². The van der Waals surface area contributed by atoms with E-state index in [1.54, 1.807) is 0 Å². The molecule has 0 bridgehead atoms. The van der Waals surface area contributed by atoms with Crippen LogP contribution in [-0.4, -0.2) is 62.5 Å². The molecule has 5 N–H and O–H groups in total. The first-order chi connectivity index (χ1) is 18.2. The van der Waals surface area contributed by atoms with Crippen LogP contribution in [0.2, 0.25) is 0 Å². The molecular formula is C27H30N4O7. The van der Waals surface area contributed by atoms with Gasteiger partial charge in [0.2, 0.25) is 5.91 Å². The second-order valence-corrected chi connectivity index (χ2v) is 9.25. The molecule has 1 saturated heterocycles. The van der Waals surface area contributed by atoms with E-state index in [1.807, 2.05) is 72.6 Å². The number of H-pyrrole nitrogens is 1. The molecule has 11 heteroatoms. The minimum atomic E-state index is -1.68. The molecule has 11 nitrogen and oxygen atoms in total. The topological polar surface area (TPSA) is 163 Å². The van der Waals surface area contributed by atoms with Crippen molar-refractivity contribution in [1.82, 2.24) is 20.2 Å². The molecule has 4 rings (SSSR count). The summed E-state index contributed by atoms with van der Waals surface area (Å²) in [5.41, 5.74) is 0.333. The summed E-state index contributed by atoms with van der Waals surface area (Å²) < 4.78 is 6.42. The zero-order chi connectivity index (χ0) is 27.2. The van der Waals surface area contributed by atoms with Gasteiger partial charge >= 0.3 is 5.69 Å². The highest BCUT2D eigenvalue weighted by atomic mass is 16.6. The molecule has 3 aromatic rings. The maximum atomic E-state index is 13.2. The average Bonchev–Trinajstić information content (AvgIpc) is 3.21. The molecule has 0 saturated carbocycles. The van der Waals surface area contributed by atoms with Crippen molar-refractivity contribution in [2.75, 3.05) is 6.54 Å². The number of aromatic nitrogens is 2. The number of hydrogen-bond acceptors (Lipinski definition) is 7. The van der Waals surface area contributed by atoms with E-state index < -0.39 is 53.6 Å². The molecule has 38 heavy (non-hydrogen) atoms. The third-order valence-electron chi connectivity index (χ3n) is 6.49. The maximum absolute atomic E-state index is 13.2. The van der Waals surface area contributed by atoms with E-state index in [1.165, 1.54) is 0 Å². The number of nitrogens with one attached hydrogen (secondary N) is 3. The zero-order valence-corrected chi connectivity index (χ0v) is 20.7. The maximum Gasteiger partial charge on any atom is 0.330 e. The molecule has 2 heterocycles. The summed E-state index contributed by atoms with van der Waals surface area (Å²) in [6.07, 6.45) is -5.03. The van der Waals surface area contributed by atoms with Crippen molar-refractivity contribution >= 4 is 11.8 Å². The molecule has 0 aliphatic carbocycles. The predicted molar refractivity (Wildman–Crippen MR) is 137 cm³/mol. The van der Waals surface area contributed by atoms with Gasteiger partial charge in [-0.05, 0) is 17.0 Å². The normalized spacial score (nSPS) is 22.4. The van der Waals surface area contributed by atoms with Crippen LogP contribution in [0.15, 0.2) is 82.5 Å². The fourth-order valence-electron chi connectivity index (χ4n) is 4.32.